The molecule has 0 spiro atoms. The summed E-state index contributed by atoms with van der Waals surface area (Å²) in [5.41, 5.74) is 6.20. The second-order valence-electron chi connectivity index (χ2n) is 5.13. The Balaban J connectivity index is 1.90. The third kappa shape index (κ3) is 3.50. The molecule has 1 aromatic heterocycles. The van der Waals surface area contributed by atoms with E-state index in [1.807, 2.05) is 11.5 Å². The molecule has 1 aliphatic rings. The van der Waals surface area contributed by atoms with Crippen LogP contribution in [0.1, 0.15) is 42.5 Å². The lowest BCUT2D eigenvalue weighted by Crippen LogP contribution is -2.11. The minimum Gasteiger partial charge on any atom is -0.464 e. The molecular formula is C14H23N3O3. The van der Waals surface area contributed by atoms with Gasteiger partial charge in [-0.05, 0) is 25.2 Å². The molecule has 1 heterocycles. The number of rotatable bonds is 8. The Morgan fingerprint density at radius 3 is 2.85 bits per heavy atom. The zero-order chi connectivity index (χ0) is 14.5. The van der Waals surface area contributed by atoms with Gasteiger partial charge in [0, 0.05) is 26.2 Å². The molecule has 1 saturated carbocycles. The molecule has 0 atom stereocenters. The fraction of sp³-hybridized carbons (Fsp3) is 0.714. The van der Waals surface area contributed by atoms with Crippen LogP contribution in [0, 0.1) is 5.92 Å². The van der Waals surface area contributed by atoms with Crippen molar-refractivity contribution in [2.24, 2.45) is 5.92 Å². The van der Waals surface area contributed by atoms with Crippen molar-refractivity contribution in [3.63, 3.8) is 0 Å². The lowest BCUT2D eigenvalue weighted by Gasteiger charge is -2.09. The number of nitrogens with zero attached hydrogens (tertiary/aromatic N) is 2. The van der Waals surface area contributed by atoms with E-state index in [0.717, 1.165) is 31.2 Å². The first-order valence-corrected chi connectivity index (χ1v) is 7.18. The number of hydrogen-bond acceptors (Lipinski definition) is 5. The highest BCUT2D eigenvalue weighted by Gasteiger charge is 2.21. The van der Waals surface area contributed by atoms with Gasteiger partial charge in [-0.1, -0.05) is 6.92 Å². The molecule has 2 N–H and O–H groups in total. The van der Waals surface area contributed by atoms with E-state index in [0.29, 0.717) is 19.0 Å². The van der Waals surface area contributed by atoms with Crippen LogP contribution >= 0.6 is 0 Å². The van der Waals surface area contributed by atoms with Gasteiger partial charge in [0.25, 0.3) is 0 Å². The lowest BCUT2D eigenvalue weighted by molar-refractivity contribution is 0.0595. The molecule has 2 rings (SSSR count). The van der Waals surface area contributed by atoms with Crippen LogP contribution in [0.4, 0.5) is 5.82 Å². The number of hydrogen-bond donors (Lipinski definition) is 1. The standard InChI is InChI=1S/C14H23N3O3/c1-3-11-16-12(14(18)19-2)13(15)17(11)7-4-8-20-9-10-5-6-10/h10H,3-9,15H2,1-2H3. The molecule has 0 amide bonds. The summed E-state index contributed by atoms with van der Waals surface area (Å²) in [5.74, 6) is 1.49. The van der Waals surface area contributed by atoms with Crippen LogP contribution in [0.15, 0.2) is 0 Å². The van der Waals surface area contributed by atoms with Crippen molar-refractivity contribution in [1.29, 1.82) is 0 Å². The maximum atomic E-state index is 11.6. The van der Waals surface area contributed by atoms with Crippen LogP contribution < -0.4 is 5.73 Å². The third-order valence-electron chi connectivity index (χ3n) is 3.50. The zero-order valence-electron chi connectivity index (χ0n) is 12.2. The minimum atomic E-state index is -0.485. The number of imidazole rings is 1. The normalized spacial score (nSPS) is 14.5. The number of nitrogens with two attached hydrogens (primary N) is 1. The number of methoxy groups -OCH3 is 1. The number of aryl methyl sites for hydroxylation is 1. The first-order valence-electron chi connectivity index (χ1n) is 7.18. The largest absolute Gasteiger partial charge is 0.464 e. The van der Waals surface area contributed by atoms with Gasteiger partial charge in [0.1, 0.15) is 11.6 Å². The Hall–Kier alpha value is -1.56. The number of anilines is 1. The highest BCUT2D eigenvalue weighted by atomic mass is 16.5. The van der Waals surface area contributed by atoms with Crippen LogP contribution in [0.25, 0.3) is 0 Å². The van der Waals surface area contributed by atoms with Crippen molar-refractivity contribution >= 4 is 11.8 Å². The highest BCUT2D eigenvalue weighted by molar-refractivity contribution is 5.92. The molecule has 0 radical (unpaired) electrons. The van der Waals surface area contributed by atoms with Crippen molar-refractivity contribution in [2.75, 3.05) is 26.1 Å². The summed E-state index contributed by atoms with van der Waals surface area (Å²) in [6, 6.07) is 0. The summed E-state index contributed by atoms with van der Waals surface area (Å²) in [5, 5.41) is 0. The molecule has 6 nitrogen and oxygen atoms in total. The van der Waals surface area contributed by atoms with Gasteiger partial charge in [0.05, 0.1) is 7.11 Å². The number of ether oxygens (including phenoxy) is 2. The molecule has 0 aromatic carbocycles. The van der Waals surface area contributed by atoms with Gasteiger partial charge in [0.2, 0.25) is 0 Å². The maximum Gasteiger partial charge on any atom is 0.360 e. The van der Waals surface area contributed by atoms with Gasteiger partial charge < -0.3 is 19.8 Å². The fourth-order valence-electron chi connectivity index (χ4n) is 2.14. The number of carbonyl (C=O) groups is 1. The van der Waals surface area contributed by atoms with Gasteiger partial charge in [-0.15, -0.1) is 0 Å². The highest BCUT2D eigenvalue weighted by Crippen LogP contribution is 2.28. The molecule has 0 bridgehead atoms. The van der Waals surface area contributed by atoms with Gasteiger partial charge in [0.15, 0.2) is 5.69 Å². The van der Waals surface area contributed by atoms with E-state index >= 15 is 0 Å². The Kier molecular flexibility index (Phi) is 5.00. The summed E-state index contributed by atoms with van der Waals surface area (Å²) in [7, 11) is 1.33. The number of carbonyl (C=O) groups excluding carboxylic acids is 1. The van der Waals surface area contributed by atoms with E-state index in [1.165, 1.54) is 20.0 Å². The van der Waals surface area contributed by atoms with E-state index in [1.54, 1.807) is 0 Å². The molecule has 20 heavy (non-hydrogen) atoms. The Morgan fingerprint density at radius 1 is 1.50 bits per heavy atom. The van der Waals surface area contributed by atoms with Crippen molar-refractivity contribution in [2.45, 2.75) is 39.2 Å². The molecule has 0 unspecified atom stereocenters. The van der Waals surface area contributed by atoms with Gasteiger partial charge in [-0.25, -0.2) is 9.78 Å². The second-order valence-corrected chi connectivity index (χ2v) is 5.13. The summed E-state index contributed by atoms with van der Waals surface area (Å²) in [4.78, 5) is 15.8. The quantitative estimate of drug-likeness (QED) is 0.578. The molecule has 1 aromatic rings. The summed E-state index contributed by atoms with van der Waals surface area (Å²) in [6.07, 6.45) is 4.19. The van der Waals surface area contributed by atoms with Crippen LogP contribution in [-0.4, -0.2) is 35.8 Å². The molecule has 0 aliphatic heterocycles. The van der Waals surface area contributed by atoms with Crippen molar-refractivity contribution in [3.8, 4) is 0 Å². The molecular weight excluding hydrogens is 258 g/mol. The molecule has 6 heteroatoms. The molecule has 0 saturated heterocycles. The summed E-state index contributed by atoms with van der Waals surface area (Å²) >= 11 is 0. The Labute approximate surface area is 119 Å². The van der Waals surface area contributed by atoms with E-state index in [9.17, 15) is 4.79 Å². The number of nitrogen functional groups attached to an aromatic ring is 1. The smallest absolute Gasteiger partial charge is 0.360 e. The van der Waals surface area contributed by atoms with E-state index in [2.05, 4.69) is 9.72 Å². The predicted octanol–water partition coefficient (Wildman–Crippen LogP) is 1.63. The number of aromatic nitrogens is 2. The van der Waals surface area contributed by atoms with Gasteiger partial charge in [-0.2, -0.15) is 0 Å². The number of esters is 1. The monoisotopic (exact) mass is 281 g/mol. The van der Waals surface area contributed by atoms with Crippen LogP contribution in [0.2, 0.25) is 0 Å². The fourth-order valence-corrected chi connectivity index (χ4v) is 2.14. The molecule has 112 valence electrons. The van der Waals surface area contributed by atoms with E-state index in [4.69, 9.17) is 10.5 Å². The van der Waals surface area contributed by atoms with E-state index in [-0.39, 0.29) is 5.69 Å². The lowest BCUT2D eigenvalue weighted by atomic mass is 10.4. The van der Waals surface area contributed by atoms with Crippen molar-refractivity contribution in [1.82, 2.24) is 9.55 Å². The van der Waals surface area contributed by atoms with Crippen LogP contribution in [0.3, 0.4) is 0 Å². The first-order chi connectivity index (χ1) is 9.67. The van der Waals surface area contributed by atoms with Gasteiger partial charge in [-0.3, -0.25) is 0 Å². The van der Waals surface area contributed by atoms with E-state index < -0.39 is 5.97 Å². The topological polar surface area (TPSA) is 79.4 Å². The zero-order valence-corrected chi connectivity index (χ0v) is 12.2. The Morgan fingerprint density at radius 2 is 2.25 bits per heavy atom. The van der Waals surface area contributed by atoms with Gasteiger partial charge >= 0.3 is 5.97 Å². The average molecular weight is 281 g/mol. The van der Waals surface area contributed by atoms with Crippen molar-refractivity contribution < 1.29 is 14.3 Å². The summed E-state index contributed by atoms with van der Waals surface area (Å²) in [6.45, 7) is 4.28. The Bertz CT molecular complexity index is 466. The van der Waals surface area contributed by atoms with Crippen LogP contribution in [0.5, 0.6) is 0 Å². The predicted molar refractivity (Wildman–Crippen MR) is 75.5 cm³/mol. The third-order valence-corrected chi connectivity index (χ3v) is 3.50. The first kappa shape index (κ1) is 14.8. The minimum absolute atomic E-state index is 0.211. The summed E-state index contributed by atoms with van der Waals surface area (Å²) < 4.78 is 12.2. The molecule has 1 fully saturated rings. The second kappa shape index (κ2) is 6.74. The molecule has 1 aliphatic carbocycles. The average Bonchev–Trinajstić information content (AvgIpc) is 3.22. The van der Waals surface area contributed by atoms with Crippen molar-refractivity contribution in [3.05, 3.63) is 11.5 Å². The van der Waals surface area contributed by atoms with Crippen LogP contribution in [-0.2, 0) is 22.4 Å². The maximum absolute atomic E-state index is 11.6. The SMILES string of the molecule is CCc1nc(C(=O)OC)c(N)n1CCCOCC1CC1.